The van der Waals surface area contributed by atoms with Crippen LogP contribution in [0.25, 0.3) is 0 Å². The molecule has 4 nitrogen and oxygen atoms in total. The van der Waals surface area contributed by atoms with Crippen molar-refractivity contribution in [2.24, 2.45) is 0 Å². The summed E-state index contributed by atoms with van der Waals surface area (Å²) >= 11 is 3.48. The zero-order valence-corrected chi connectivity index (χ0v) is 12.1. The largest absolute Gasteiger partial charge is 0.487 e. The fraction of sp³-hybridized carbons (Fsp3) is 0.727. The van der Waals surface area contributed by atoms with E-state index in [-0.39, 0.29) is 0 Å². The van der Waals surface area contributed by atoms with Gasteiger partial charge in [-0.05, 0) is 18.5 Å². The molecule has 0 aliphatic carbocycles. The quantitative estimate of drug-likeness (QED) is 0.917. The van der Waals surface area contributed by atoms with Crippen molar-refractivity contribution in [3.63, 3.8) is 0 Å². The Hall–Kier alpha value is -0.620. The standard InChI is InChI=1S/C11H19N3OS2/c1-4-15-9-10(12)13-17-11(9)14-5-7(2)16-8(3)6-14/h7-8H,4-6H2,1-3H3,(H2,12,13). The number of ether oxygens (including phenoxy) is 1. The lowest BCUT2D eigenvalue weighted by Gasteiger charge is -2.35. The molecule has 1 fully saturated rings. The van der Waals surface area contributed by atoms with Crippen LogP contribution >= 0.6 is 23.3 Å². The molecular weight excluding hydrogens is 254 g/mol. The molecule has 17 heavy (non-hydrogen) atoms. The molecule has 0 bridgehead atoms. The molecule has 2 N–H and O–H groups in total. The fourth-order valence-electron chi connectivity index (χ4n) is 2.11. The number of thioether (sulfide) groups is 1. The van der Waals surface area contributed by atoms with Crippen LogP contribution in [-0.4, -0.2) is 34.6 Å². The maximum absolute atomic E-state index is 5.85. The molecule has 0 aromatic carbocycles. The van der Waals surface area contributed by atoms with Crippen LogP contribution in [0, 0.1) is 0 Å². The van der Waals surface area contributed by atoms with Crippen molar-refractivity contribution in [3.8, 4) is 5.75 Å². The zero-order valence-electron chi connectivity index (χ0n) is 10.5. The Balaban J connectivity index is 2.21. The van der Waals surface area contributed by atoms with Gasteiger partial charge in [0.05, 0.1) is 6.61 Å². The summed E-state index contributed by atoms with van der Waals surface area (Å²) in [4.78, 5) is 2.35. The SMILES string of the molecule is CCOc1c(N)nsc1N1CC(C)SC(C)C1. The van der Waals surface area contributed by atoms with Crippen LogP contribution in [0.15, 0.2) is 0 Å². The first-order valence-electron chi connectivity index (χ1n) is 5.90. The van der Waals surface area contributed by atoms with Crippen LogP contribution < -0.4 is 15.4 Å². The van der Waals surface area contributed by atoms with Gasteiger partial charge in [0.15, 0.2) is 16.6 Å². The molecule has 1 aliphatic rings. The Bertz CT molecular complexity index is 373. The van der Waals surface area contributed by atoms with Crippen LogP contribution in [0.3, 0.4) is 0 Å². The highest BCUT2D eigenvalue weighted by Crippen LogP contribution is 2.40. The third-order valence-corrected chi connectivity index (χ3v) is 4.78. The molecule has 2 unspecified atom stereocenters. The van der Waals surface area contributed by atoms with Gasteiger partial charge in [-0.3, -0.25) is 0 Å². The molecular formula is C11H19N3OS2. The van der Waals surface area contributed by atoms with Crippen LogP contribution in [0.1, 0.15) is 20.8 Å². The lowest BCUT2D eigenvalue weighted by Crippen LogP contribution is -2.40. The predicted molar refractivity (Wildman–Crippen MR) is 76.4 cm³/mol. The van der Waals surface area contributed by atoms with E-state index in [1.165, 1.54) is 11.5 Å². The first-order chi connectivity index (χ1) is 8.11. The Morgan fingerprint density at radius 1 is 1.41 bits per heavy atom. The van der Waals surface area contributed by atoms with E-state index in [4.69, 9.17) is 10.5 Å². The van der Waals surface area contributed by atoms with E-state index in [1.807, 2.05) is 18.7 Å². The van der Waals surface area contributed by atoms with Crippen molar-refractivity contribution < 1.29 is 4.74 Å². The molecule has 0 amide bonds. The van der Waals surface area contributed by atoms with E-state index in [0.29, 0.717) is 22.9 Å². The molecule has 1 aromatic heterocycles. The van der Waals surface area contributed by atoms with Gasteiger partial charge in [-0.2, -0.15) is 16.1 Å². The highest BCUT2D eigenvalue weighted by Gasteiger charge is 2.27. The van der Waals surface area contributed by atoms with Crippen molar-refractivity contribution in [3.05, 3.63) is 0 Å². The Labute approximate surface area is 111 Å². The molecule has 1 aromatic rings. The first kappa shape index (κ1) is 12.8. The summed E-state index contributed by atoms with van der Waals surface area (Å²) in [6, 6.07) is 0. The molecule has 1 aliphatic heterocycles. The van der Waals surface area contributed by atoms with Crippen LogP contribution in [-0.2, 0) is 0 Å². The van der Waals surface area contributed by atoms with Gasteiger partial charge in [-0.25, -0.2) is 0 Å². The number of nitrogens with two attached hydrogens (primary N) is 1. The molecule has 6 heteroatoms. The van der Waals surface area contributed by atoms with E-state index in [9.17, 15) is 0 Å². The maximum Gasteiger partial charge on any atom is 0.197 e. The van der Waals surface area contributed by atoms with Gasteiger partial charge in [-0.15, -0.1) is 0 Å². The van der Waals surface area contributed by atoms with Crippen molar-refractivity contribution >= 4 is 34.1 Å². The van der Waals surface area contributed by atoms with Crippen LogP contribution in [0.2, 0.25) is 0 Å². The zero-order chi connectivity index (χ0) is 12.4. The lowest BCUT2D eigenvalue weighted by atomic mass is 10.3. The van der Waals surface area contributed by atoms with Gasteiger partial charge in [0.25, 0.3) is 0 Å². The molecule has 0 saturated carbocycles. The number of hydrogen-bond donors (Lipinski definition) is 1. The lowest BCUT2D eigenvalue weighted by molar-refractivity contribution is 0.343. The molecule has 2 heterocycles. The van der Waals surface area contributed by atoms with E-state index in [0.717, 1.165) is 23.8 Å². The average molecular weight is 273 g/mol. The Morgan fingerprint density at radius 3 is 2.65 bits per heavy atom. The second kappa shape index (κ2) is 5.35. The number of nitrogen functional groups attached to an aromatic ring is 1. The summed E-state index contributed by atoms with van der Waals surface area (Å²) in [6.07, 6.45) is 0. The van der Waals surface area contributed by atoms with E-state index < -0.39 is 0 Å². The van der Waals surface area contributed by atoms with Crippen molar-refractivity contribution in [1.29, 1.82) is 0 Å². The van der Waals surface area contributed by atoms with Crippen molar-refractivity contribution in [1.82, 2.24) is 4.37 Å². The molecule has 96 valence electrons. The topological polar surface area (TPSA) is 51.4 Å². The fourth-order valence-corrected chi connectivity index (χ4v) is 4.21. The smallest absolute Gasteiger partial charge is 0.197 e. The summed E-state index contributed by atoms with van der Waals surface area (Å²) in [5.41, 5.74) is 5.85. The summed E-state index contributed by atoms with van der Waals surface area (Å²) in [6.45, 7) is 9.20. The summed E-state index contributed by atoms with van der Waals surface area (Å²) < 4.78 is 9.81. The van der Waals surface area contributed by atoms with Gasteiger partial charge >= 0.3 is 0 Å². The highest BCUT2D eigenvalue weighted by molar-refractivity contribution is 8.00. The number of hydrogen-bond acceptors (Lipinski definition) is 6. The summed E-state index contributed by atoms with van der Waals surface area (Å²) in [5.74, 6) is 1.29. The third-order valence-electron chi connectivity index (χ3n) is 2.65. The monoisotopic (exact) mass is 273 g/mol. The van der Waals surface area contributed by atoms with Gasteiger partial charge < -0.3 is 15.4 Å². The minimum absolute atomic E-state index is 0.519. The number of rotatable bonds is 3. The molecule has 1 saturated heterocycles. The second-order valence-electron chi connectivity index (χ2n) is 4.30. The average Bonchev–Trinajstić information content (AvgIpc) is 2.60. The highest BCUT2D eigenvalue weighted by atomic mass is 32.2. The van der Waals surface area contributed by atoms with Gasteiger partial charge in [-0.1, -0.05) is 13.8 Å². The van der Waals surface area contributed by atoms with Crippen molar-refractivity contribution in [2.75, 3.05) is 30.3 Å². The molecule has 0 radical (unpaired) electrons. The van der Waals surface area contributed by atoms with E-state index >= 15 is 0 Å². The number of nitrogens with zero attached hydrogens (tertiary/aromatic N) is 2. The van der Waals surface area contributed by atoms with Gasteiger partial charge in [0.2, 0.25) is 0 Å². The number of aromatic nitrogens is 1. The van der Waals surface area contributed by atoms with E-state index in [1.54, 1.807) is 0 Å². The minimum atomic E-state index is 0.519. The summed E-state index contributed by atoms with van der Waals surface area (Å²) in [7, 11) is 0. The Morgan fingerprint density at radius 2 is 2.06 bits per heavy atom. The third kappa shape index (κ3) is 2.80. The van der Waals surface area contributed by atoms with Gasteiger partial charge in [0, 0.05) is 23.6 Å². The normalized spacial score (nSPS) is 25.0. The minimum Gasteiger partial charge on any atom is -0.487 e. The van der Waals surface area contributed by atoms with Crippen molar-refractivity contribution in [2.45, 2.75) is 31.3 Å². The predicted octanol–water partition coefficient (Wildman–Crippen LogP) is 2.45. The first-order valence-corrected chi connectivity index (χ1v) is 7.61. The van der Waals surface area contributed by atoms with Crippen LogP contribution in [0.4, 0.5) is 10.8 Å². The van der Waals surface area contributed by atoms with Crippen LogP contribution in [0.5, 0.6) is 5.75 Å². The molecule has 0 spiro atoms. The van der Waals surface area contributed by atoms with E-state index in [2.05, 4.69) is 23.1 Å². The maximum atomic E-state index is 5.85. The molecule has 2 rings (SSSR count). The Kier molecular flexibility index (Phi) is 4.04. The summed E-state index contributed by atoms with van der Waals surface area (Å²) in [5, 5.41) is 2.36. The van der Waals surface area contributed by atoms with Gasteiger partial charge in [0.1, 0.15) is 0 Å². The second-order valence-corrected chi connectivity index (χ2v) is 6.93. The number of anilines is 2. The molecule has 2 atom stereocenters.